The topological polar surface area (TPSA) is 90.5 Å². The molecule has 27 heavy (non-hydrogen) atoms. The van der Waals surface area contributed by atoms with Crippen molar-refractivity contribution >= 4 is 32.8 Å². The first-order valence-corrected chi connectivity index (χ1v) is 8.98. The Balaban J connectivity index is 2.00. The molecule has 1 aromatic heterocycles. The van der Waals surface area contributed by atoms with Crippen molar-refractivity contribution in [1.29, 1.82) is 0 Å². The van der Waals surface area contributed by atoms with Gasteiger partial charge in [-0.2, -0.15) is 0 Å². The number of nitrogens with one attached hydrogen (secondary N) is 1. The molecule has 0 fully saturated rings. The smallest absolute Gasteiger partial charge is 0.344 e. The van der Waals surface area contributed by atoms with Crippen LogP contribution < -0.4 is 15.0 Å². The van der Waals surface area contributed by atoms with Crippen molar-refractivity contribution in [1.82, 2.24) is 9.97 Å². The van der Waals surface area contributed by atoms with Gasteiger partial charge < -0.3 is 19.2 Å². The van der Waals surface area contributed by atoms with Crippen LogP contribution >= 0.6 is 15.9 Å². The van der Waals surface area contributed by atoms with Gasteiger partial charge in [-0.15, -0.1) is 0 Å². The van der Waals surface area contributed by atoms with Crippen molar-refractivity contribution in [2.24, 2.45) is 0 Å². The van der Waals surface area contributed by atoms with Crippen molar-refractivity contribution in [3.63, 3.8) is 0 Å². The highest BCUT2D eigenvalue weighted by Gasteiger charge is 2.16. The number of para-hydroxylation sites is 1. The van der Waals surface area contributed by atoms with E-state index in [0.717, 1.165) is 0 Å². The number of hydrogen-bond donors (Lipinski definition) is 1. The summed E-state index contributed by atoms with van der Waals surface area (Å²) in [6.45, 7) is 1.77. The minimum Gasteiger partial charge on any atom is -0.493 e. The molecule has 3 aromatic rings. The summed E-state index contributed by atoms with van der Waals surface area (Å²) in [6, 6.07) is 10.4. The number of hydrogen-bond acceptors (Lipinski definition) is 6. The van der Waals surface area contributed by atoms with E-state index in [-0.39, 0.29) is 18.8 Å². The van der Waals surface area contributed by atoms with Crippen LogP contribution in [-0.4, -0.2) is 36.3 Å². The Labute approximate surface area is 163 Å². The van der Waals surface area contributed by atoms with E-state index in [9.17, 15) is 9.59 Å². The molecule has 3 rings (SSSR count). The minimum absolute atomic E-state index is 0.232. The number of ether oxygens (including phenoxy) is 3. The summed E-state index contributed by atoms with van der Waals surface area (Å²) in [7, 11) is 1.49. The van der Waals surface area contributed by atoms with Crippen LogP contribution in [0.3, 0.4) is 0 Å². The van der Waals surface area contributed by atoms with Crippen molar-refractivity contribution in [2.75, 3.05) is 20.3 Å². The van der Waals surface area contributed by atoms with Gasteiger partial charge in [-0.25, -0.2) is 9.78 Å². The fraction of sp³-hybridized carbons (Fsp3) is 0.211. The maximum absolute atomic E-state index is 12.3. The summed E-state index contributed by atoms with van der Waals surface area (Å²) >= 11 is 3.46. The summed E-state index contributed by atoms with van der Waals surface area (Å²) in [5, 5.41) is 0.513. The fourth-order valence-corrected chi connectivity index (χ4v) is 3.05. The molecule has 8 heteroatoms. The third-order valence-electron chi connectivity index (χ3n) is 3.77. The summed E-state index contributed by atoms with van der Waals surface area (Å²) in [5.74, 6) is 0.679. The average Bonchev–Trinajstić information content (AvgIpc) is 2.66. The van der Waals surface area contributed by atoms with E-state index in [1.807, 2.05) is 6.07 Å². The SMILES string of the molecule is CCOC(=O)COc1cc(Br)c(-c2nc3ccccc3c(=O)[nH]2)cc1OC. The predicted molar refractivity (Wildman–Crippen MR) is 104 cm³/mol. The van der Waals surface area contributed by atoms with Gasteiger partial charge in [0.05, 0.1) is 24.6 Å². The van der Waals surface area contributed by atoms with E-state index >= 15 is 0 Å². The van der Waals surface area contributed by atoms with Crippen LogP contribution in [-0.2, 0) is 9.53 Å². The summed E-state index contributed by atoms with van der Waals surface area (Å²) in [6.07, 6.45) is 0. The van der Waals surface area contributed by atoms with Crippen LogP contribution in [0, 0.1) is 0 Å². The standard InChI is InChI=1S/C19H17BrN2O5/c1-3-26-17(23)10-27-16-9-13(20)12(8-15(16)25-2)18-21-14-7-5-4-6-11(14)19(24)22-18/h4-9H,3,10H2,1-2H3,(H,21,22,24). The van der Waals surface area contributed by atoms with E-state index in [0.29, 0.717) is 38.3 Å². The van der Waals surface area contributed by atoms with Crippen LogP contribution in [0.4, 0.5) is 0 Å². The molecule has 0 spiro atoms. The lowest BCUT2D eigenvalue weighted by atomic mass is 10.1. The zero-order valence-corrected chi connectivity index (χ0v) is 16.3. The number of H-pyrrole nitrogens is 1. The number of fused-ring (bicyclic) bond motifs is 1. The molecule has 0 unspecified atom stereocenters. The maximum atomic E-state index is 12.3. The lowest BCUT2D eigenvalue weighted by Gasteiger charge is -2.13. The Morgan fingerprint density at radius 2 is 2.00 bits per heavy atom. The molecule has 0 aliphatic rings. The summed E-state index contributed by atoms with van der Waals surface area (Å²) < 4.78 is 16.3. The lowest BCUT2D eigenvalue weighted by Crippen LogP contribution is -2.15. The van der Waals surface area contributed by atoms with Crippen molar-refractivity contribution in [2.45, 2.75) is 6.92 Å². The molecule has 1 N–H and O–H groups in total. The zero-order valence-electron chi connectivity index (χ0n) is 14.7. The largest absolute Gasteiger partial charge is 0.493 e. The number of methoxy groups -OCH3 is 1. The fourth-order valence-electron chi connectivity index (χ4n) is 2.54. The molecular formula is C19H17BrN2O5. The molecule has 0 aliphatic carbocycles. The van der Waals surface area contributed by atoms with Gasteiger partial charge in [0.1, 0.15) is 5.82 Å². The van der Waals surface area contributed by atoms with Crippen molar-refractivity contribution < 1.29 is 19.0 Å². The van der Waals surface area contributed by atoms with E-state index in [4.69, 9.17) is 14.2 Å². The summed E-state index contributed by atoms with van der Waals surface area (Å²) in [5.41, 5.74) is 0.979. The van der Waals surface area contributed by atoms with Gasteiger partial charge >= 0.3 is 5.97 Å². The molecule has 1 heterocycles. The van der Waals surface area contributed by atoms with E-state index < -0.39 is 5.97 Å². The number of carbonyl (C=O) groups is 1. The molecule has 0 saturated heterocycles. The van der Waals surface area contributed by atoms with Crippen LogP contribution in [0.5, 0.6) is 11.5 Å². The molecule has 140 valence electrons. The number of halogens is 1. The normalized spacial score (nSPS) is 10.6. The minimum atomic E-state index is -0.472. The Hall–Kier alpha value is -2.87. The van der Waals surface area contributed by atoms with Gasteiger partial charge in [-0.3, -0.25) is 4.79 Å². The van der Waals surface area contributed by atoms with Gasteiger partial charge in [0.2, 0.25) is 0 Å². The Morgan fingerprint density at radius 1 is 1.22 bits per heavy atom. The van der Waals surface area contributed by atoms with Gasteiger partial charge in [0, 0.05) is 10.0 Å². The Kier molecular flexibility index (Phi) is 5.75. The van der Waals surface area contributed by atoms with Gasteiger partial charge in [-0.05, 0) is 47.1 Å². The second-order valence-electron chi connectivity index (χ2n) is 5.51. The molecule has 0 saturated carbocycles. The second-order valence-corrected chi connectivity index (χ2v) is 6.36. The number of rotatable bonds is 6. The highest BCUT2D eigenvalue weighted by atomic mass is 79.9. The number of aromatic nitrogens is 2. The first-order chi connectivity index (χ1) is 13.0. The van der Waals surface area contributed by atoms with Crippen LogP contribution in [0.25, 0.3) is 22.3 Å². The van der Waals surface area contributed by atoms with E-state index in [1.54, 1.807) is 37.3 Å². The zero-order chi connectivity index (χ0) is 19.4. The molecule has 2 aromatic carbocycles. The third kappa shape index (κ3) is 4.11. The summed E-state index contributed by atoms with van der Waals surface area (Å²) in [4.78, 5) is 31.1. The lowest BCUT2D eigenvalue weighted by molar-refractivity contribution is -0.145. The highest BCUT2D eigenvalue weighted by molar-refractivity contribution is 9.10. The van der Waals surface area contributed by atoms with E-state index in [1.165, 1.54) is 7.11 Å². The van der Waals surface area contributed by atoms with Gasteiger partial charge in [0.15, 0.2) is 18.1 Å². The van der Waals surface area contributed by atoms with Gasteiger partial charge in [-0.1, -0.05) is 12.1 Å². The quantitative estimate of drug-likeness (QED) is 0.600. The molecule has 0 radical (unpaired) electrons. The third-order valence-corrected chi connectivity index (χ3v) is 4.43. The van der Waals surface area contributed by atoms with Crippen molar-refractivity contribution in [3.05, 3.63) is 51.2 Å². The van der Waals surface area contributed by atoms with Crippen LogP contribution in [0.1, 0.15) is 6.92 Å². The first-order valence-electron chi connectivity index (χ1n) is 8.19. The Morgan fingerprint density at radius 3 is 2.74 bits per heavy atom. The molecule has 0 aliphatic heterocycles. The van der Waals surface area contributed by atoms with E-state index in [2.05, 4.69) is 25.9 Å². The predicted octanol–water partition coefficient (Wildman–Crippen LogP) is 3.30. The van der Waals surface area contributed by atoms with Crippen LogP contribution in [0.2, 0.25) is 0 Å². The number of esters is 1. The van der Waals surface area contributed by atoms with Crippen LogP contribution in [0.15, 0.2) is 45.7 Å². The molecule has 0 atom stereocenters. The monoisotopic (exact) mass is 432 g/mol. The molecule has 0 bridgehead atoms. The molecule has 7 nitrogen and oxygen atoms in total. The van der Waals surface area contributed by atoms with Crippen molar-refractivity contribution in [3.8, 4) is 22.9 Å². The Bertz CT molecular complexity index is 1050. The maximum Gasteiger partial charge on any atom is 0.344 e. The average molecular weight is 433 g/mol. The second kappa shape index (κ2) is 8.22. The number of nitrogens with zero attached hydrogens (tertiary/aromatic N) is 1. The number of carbonyl (C=O) groups excluding carboxylic acids is 1. The molecule has 0 amide bonds. The highest BCUT2D eigenvalue weighted by Crippen LogP contribution is 2.37. The number of aromatic amines is 1. The molecular weight excluding hydrogens is 416 g/mol. The first kappa shape index (κ1) is 18.9. The number of benzene rings is 2. The van der Waals surface area contributed by atoms with Gasteiger partial charge in [0.25, 0.3) is 5.56 Å².